The molecule has 1 fully saturated rings. The smallest absolute Gasteiger partial charge is 0.155 e. The lowest BCUT2D eigenvalue weighted by Gasteiger charge is -2.39. The summed E-state index contributed by atoms with van der Waals surface area (Å²) in [7, 11) is 0. The molecule has 3 rings (SSSR count). The van der Waals surface area contributed by atoms with E-state index < -0.39 is 0 Å². The molecule has 0 unspecified atom stereocenters. The van der Waals surface area contributed by atoms with Crippen molar-refractivity contribution in [2.45, 2.75) is 12.5 Å². The maximum atomic E-state index is 5.84. The first-order valence-corrected chi connectivity index (χ1v) is 5.46. The van der Waals surface area contributed by atoms with Crippen molar-refractivity contribution in [1.29, 1.82) is 0 Å². The Kier molecular flexibility index (Phi) is 2.29. The summed E-state index contributed by atoms with van der Waals surface area (Å²) in [5.41, 5.74) is -0.101. The number of nitrogens with zero attached hydrogens (tertiary/aromatic N) is 4. The minimum atomic E-state index is -0.101. The van der Waals surface area contributed by atoms with Gasteiger partial charge in [0, 0.05) is 13.1 Å². The molecule has 6 heteroatoms. The summed E-state index contributed by atoms with van der Waals surface area (Å²) >= 11 is 0. The Hall–Kier alpha value is -1.95. The van der Waals surface area contributed by atoms with Gasteiger partial charge in [-0.1, -0.05) is 0 Å². The van der Waals surface area contributed by atoms with E-state index in [1.807, 2.05) is 12.1 Å². The normalized spacial score (nSPS) is 17.5. The molecule has 6 nitrogen and oxygen atoms in total. The van der Waals surface area contributed by atoms with Crippen molar-refractivity contribution in [3.63, 3.8) is 0 Å². The highest BCUT2D eigenvalue weighted by molar-refractivity contribution is 5.28. The molecule has 0 atom stereocenters. The van der Waals surface area contributed by atoms with Gasteiger partial charge in [-0.2, -0.15) is 5.10 Å². The molecule has 88 valence electrons. The second-order valence-corrected chi connectivity index (χ2v) is 4.35. The van der Waals surface area contributed by atoms with Crippen LogP contribution in [0.5, 0.6) is 5.75 Å². The van der Waals surface area contributed by atoms with Crippen LogP contribution in [0.3, 0.4) is 0 Å². The van der Waals surface area contributed by atoms with E-state index >= 15 is 0 Å². The predicted octanol–water partition coefficient (Wildman–Crippen LogP) is 0.403. The maximum Gasteiger partial charge on any atom is 0.155 e. The SMILES string of the molecule is CC1(Oc2ccc(-n3cncn3)nc2)CNC1. The lowest BCUT2D eigenvalue weighted by Crippen LogP contribution is -2.61. The molecule has 2 aromatic rings. The van der Waals surface area contributed by atoms with E-state index in [0.29, 0.717) is 0 Å². The standard InChI is InChI=1S/C11H13N5O/c1-11(5-12-6-11)17-9-2-3-10(14-4-9)16-8-13-7-15-16/h2-4,7-8,12H,5-6H2,1H3. The molecule has 0 aliphatic carbocycles. The second-order valence-electron chi connectivity index (χ2n) is 4.35. The third-order valence-corrected chi connectivity index (χ3v) is 2.74. The minimum absolute atomic E-state index is 0.101. The van der Waals surface area contributed by atoms with Crippen LogP contribution in [0.1, 0.15) is 6.92 Å². The Morgan fingerprint density at radius 2 is 2.29 bits per heavy atom. The lowest BCUT2D eigenvalue weighted by atomic mass is 10.0. The number of aromatic nitrogens is 4. The number of pyridine rings is 1. The molecule has 0 spiro atoms. The van der Waals surface area contributed by atoms with Crippen molar-refractivity contribution in [3.8, 4) is 11.6 Å². The predicted molar refractivity (Wildman–Crippen MR) is 61.1 cm³/mol. The molecule has 0 radical (unpaired) electrons. The third kappa shape index (κ3) is 1.99. The molecular weight excluding hydrogens is 218 g/mol. The van der Waals surface area contributed by atoms with Crippen molar-refractivity contribution in [2.75, 3.05) is 13.1 Å². The molecule has 0 bridgehead atoms. The zero-order valence-corrected chi connectivity index (χ0v) is 9.50. The molecule has 1 aliphatic heterocycles. The first-order chi connectivity index (χ1) is 8.25. The van der Waals surface area contributed by atoms with E-state index in [1.165, 1.54) is 6.33 Å². The fraction of sp³-hybridized carbons (Fsp3) is 0.364. The highest BCUT2D eigenvalue weighted by Gasteiger charge is 2.33. The van der Waals surface area contributed by atoms with Gasteiger partial charge in [0.05, 0.1) is 6.20 Å². The fourth-order valence-electron chi connectivity index (χ4n) is 1.73. The molecule has 17 heavy (non-hydrogen) atoms. The van der Waals surface area contributed by atoms with Crippen LogP contribution in [0, 0.1) is 0 Å². The van der Waals surface area contributed by atoms with E-state index in [9.17, 15) is 0 Å². The Bertz CT molecular complexity index is 489. The maximum absolute atomic E-state index is 5.84. The van der Waals surface area contributed by atoms with Crippen molar-refractivity contribution in [1.82, 2.24) is 25.1 Å². The average Bonchev–Trinajstić information content (AvgIpc) is 2.81. The van der Waals surface area contributed by atoms with E-state index in [0.717, 1.165) is 24.7 Å². The van der Waals surface area contributed by atoms with Gasteiger partial charge >= 0.3 is 0 Å². The minimum Gasteiger partial charge on any atom is -0.483 e. The Morgan fingerprint density at radius 3 is 2.82 bits per heavy atom. The van der Waals surface area contributed by atoms with E-state index in [2.05, 4.69) is 27.3 Å². The summed E-state index contributed by atoms with van der Waals surface area (Å²) in [5.74, 6) is 1.50. The lowest BCUT2D eigenvalue weighted by molar-refractivity contribution is 0.0345. The summed E-state index contributed by atoms with van der Waals surface area (Å²) < 4.78 is 7.45. The van der Waals surface area contributed by atoms with Crippen molar-refractivity contribution in [3.05, 3.63) is 31.0 Å². The summed E-state index contributed by atoms with van der Waals surface area (Å²) in [5, 5.41) is 7.20. The molecule has 1 N–H and O–H groups in total. The molecule has 0 saturated carbocycles. The summed E-state index contributed by atoms with van der Waals surface area (Å²) in [6.45, 7) is 3.82. The first kappa shape index (κ1) is 10.2. The van der Waals surface area contributed by atoms with E-state index in [-0.39, 0.29) is 5.60 Å². The van der Waals surface area contributed by atoms with Gasteiger partial charge in [0.2, 0.25) is 0 Å². The molecule has 3 heterocycles. The highest BCUT2D eigenvalue weighted by Crippen LogP contribution is 2.21. The van der Waals surface area contributed by atoms with Gasteiger partial charge in [-0.3, -0.25) is 0 Å². The molecule has 1 saturated heterocycles. The molecule has 0 amide bonds. The van der Waals surface area contributed by atoms with E-state index in [4.69, 9.17) is 4.74 Å². The third-order valence-electron chi connectivity index (χ3n) is 2.74. The van der Waals surface area contributed by atoms with Gasteiger partial charge in [-0.25, -0.2) is 14.6 Å². The van der Waals surface area contributed by atoms with Crippen LogP contribution >= 0.6 is 0 Å². The quantitative estimate of drug-likeness (QED) is 0.828. The first-order valence-electron chi connectivity index (χ1n) is 5.46. The van der Waals surface area contributed by atoms with Crippen LogP contribution in [0.2, 0.25) is 0 Å². The van der Waals surface area contributed by atoms with Gasteiger partial charge in [0.25, 0.3) is 0 Å². The van der Waals surface area contributed by atoms with Crippen LogP contribution in [0.15, 0.2) is 31.0 Å². The topological polar surface area (TPSA) is 64.9 Å². The second kappa shape index (κ2) is 3.81. The monoisotopic (exact) mass is 231 g/mol. The van der Waals surface area contributed by atoms with Gasteiger partial charge in [0.1, 0.15) is 24.0 Å². The zero-order valence-electron chi connectivity index (χ0n) is 9.50. The van der Waals surface area contributed by atoms with Crippen LogP contribution in [0.25, 0.3) is 5.82 Å². The largest absolute Gasteiger partial charge is 0.483 e. The van der Waals surface area contributed by atoms with Crippen LogP contribution in [0.4, 0.5) is 0 Å². The highest BCUT2D eigenvalue weighted by atomic mass is 16.5. The van der Waals surface area contributed by atoms with Gasteiger partial charge in [-0.15, -0.1) is 0 Å². The molecule has 0 aromatic carbocycles. The molecule has 1 aliphatic rings. The number of hydrogen-bond donors (Lipinski definition) is 1. The van der Waals surface area contributed by atoms with Crippen LogP contribution in [-0.2, 0) is 0 Å². The number of rotatable bonds is 3. The summed E-state index contributed by atoms with van der Waals surface area (Å²) in [4.78, 5) is 8.15. The molecular formula is C11H13N5O. The number of nitrogens with one attached hydrogen (secondary N) is 1. The molecule has 2 aromatic heterocycles. The Morgan fingerprint density at radius 1 is 1.41 bits per heavy atom. The van der Waals surface area contributed by atoms with Crippen molar-refractivity contribution in [2.24, 2.45) is 0 Å². The number of hydrogen-bond acceptors (Lipinski definition) is 5. The van der Waals surface area contributed by atoms with Gasteiger partial charge in [-0.05, 0) is 19.1 Å². The zero-order chi connectivity index (χ0) is 11.7. The van der Waals surface area contributed by atoms with E-state index in [1.54, 1.807) is 17.2 Å². The van der Waals surface area contributed by atoms with Crippen LogP contribution < -0.4 is 10.1 Å². The Labute approximate surface area is 98.7 Å². The average molecular weight is 231 g/mol. The summed E-state index contributed by atoms with van der Waals surface area (Å²) in [6, 6.07) is 3.76. The van der Waals surface area contributed by atoms with Crippen LogP contribution in [-0.4, -0.2) is 38.4 Å². The van der Waals surface area contributed by atoms with Gasteiger partial charge in [0.15, 0.2) is 5.82 Å². The number of ether oxygens (including phenoxy) is 1. The fourth-order valence-corrected chi connectivity index (χ4v) is 1.73. The van der Waals surface area contributed by atoms with Crippen molar-refractivity contribution < 1.29 is 4.74 Å². The van der Waals surface area contributed by atoms with Crippen molar-refractivity contribution >= 4 is 0 Å². The summed E-state index contributed by atoms with van der Waals surface area (Å²) in [6.07, 6.45) is 4.80. The Balaban J connectivity index is 1.76. The van der Waals surface area contributed by atoms with Gasteiger partial charge < -0.3 is 10.1 Å².